The number of aromatic nitrogens is 2. The summed E-state index contributed by atoms with van der Waals surface area (Å²) in [5, 5.41) is 6.95. The fourth-order valence-corrected chi connectivity index (χ4v) is 5.16. The van der Waals surface area contributed by atoms with Crippen molar-refractivity contribution in [3.05, 3.63) is 11.8 Å². The molecule has 2 atom stereocenters. The van der Waals surface area contributed by atoms with Gasteiger partial charge in [0.05, 0.1) is 10.9 Å². The molecule has 27 heavy (non-hydrogen) atoms. The molecule has 0 aromatic carbocycles. The second kappa shape index (κ2) is 7.27. The Balaban J connectivity index is 1.78. The average Bonchev–Trinajstić information content (AvgIpc) is 3.03. The number of hydrogen-bond acceptors (Lipinski definition) is 4. The number of halogens is 3. The van der Waals surface area contributed by atoms with E-state index in [1.807, 2.05) is 6.92 Å². The molecule has 1 aromatic rings. The molecule has 0 aliphatic carbocycles. The lowest BCUT2D eigenvalue weighted by atomic mass is 9.95. The standard InChI is InChI=1S/C17H27F3N4O2S/c1-4-13-9-15(17(18,19)20)24-16(21-13)10-14(22-24)12-5-7-23(8-6-12)27(25,26)11(2)3/h10-13,15,21H,4-9H2,1-3H3/t13-,15-/m1/s1. The number of anilines is 1. The number of rotatable bonds is 4. The largest absolute Gasteiger partial charge is 0.410 e. The number of piperidine rings is 1. The summed E-state index contributed by atoms with van der Waals surface area (Å²) in [6, 6.07) is -0.141. The molecular formula is C17H27F3N4O2S. The van der Waals surface area contributed by atoms with E-state index in [-0.39, 0.29) is 18.4 Å². The third-order valence-corrected chi connectivity index (χ3v) is 7.88. The summed E-state index contributed by atoms with van der Waals surface area (Å²) in [7, 11) is -3.30. The Morgan fingerprint density at radius 1 is 1.30 bits per heavy atom. The molecule has 1 fully saturated rings. The Hall–Kier alpha value is -1.29. The van der Waals surface area contributed by atoms with Gasteiger partial charge in [-0.1, -0.05) is 6.92 Å². The lowest BCUT2D eigenvalue weighted by molar-refractivity contribution is -0.173. The third-order valence-electron chi connectivity index (χ3n) is 5.61. The molecule has 10 heteroatoms. The van der Waals surface area contributed by atoms with Gasteiger partial charge in [-0.3, -0.25) is 0 Å². The van der Waals surface area contributed by atoms with E-state index in [1.165, 1.54) is 4.31 Å². The monoisotopic (exact) mass is 408 g/mol. The van der Waals surface area contributed by atoms with Crippen LogP contribution in [0.3, 0.4) is 0 Å². The molecule has 2 aliphatic rings. The van der Waals surface area contributed by atoms with Crippen molar-refractivity contribution in [3.63, 3.8) is 0 Å². The van der Waals surface area contributed by atoms with Crippen molar-refractivity contribution in [2.24, 2.45) is 0 Å². The van der Waals surface area contributed by atoms with E-state index >= 15 is 0 Å². The van der Waals surface area contributed by atoms with Crippen molar-refractivity contribution in [2.45, 2.75) is 75.9 Å². The van der Waals surface area contributed by atoms with Gasteiger partial charge in [-0.15, -0.1) is 0 Å². The summed E-state index contributed by atoms with van der Waals surface area (Å²) in [5.41, 5.74) is 0.616. The number of hydrogen-bond donors (Lipinski definition) is 1. The Labute approximate surface area is 158 Å². The molecule has 1 aromatic heterocycles. The van der Waals surface area contributed by atoms with Crippen LogP contribution in [0.1, 0.15) is 64.1 Å². The van der Waals surface area contributed by atoms with Crippen LogP contribution >= 0.6 is 0 Å². The maximum atomic E-state index is 13.5. The zero-order valence-corrected chi connectivity index (χ0v) is 16.6. The predicted molar refractivity (Wildman–Crippen MR) is 97.2 cm³/mol. The Morgan fingerprint density at radius 3 is 2.44 bits per heavy atom. The summed E-state index contributed by atoms with van der Waals surface area (Å²) in [6.07, 6.45) is -2.63. The molecule has 0 saturated carbocycles. The van der Waals surface area contributed by atoms with Crippen LogP contribution in [-0.2, 0) is 10.0 Å². The van der Waals surface area contributed by atoms with Crippen molar-refractivity contribution in [3.8, 4) is 0 Å². The Bertz CT molecular complexity index is 768. The van der Waals surface area contributed by atoms with Crippen LogP contribution in [0.15, 0.2) is 6.07 Å². The summed E-state index contributed by atoms with van der Waals surface area (Å²) in [6.45, 7) is 5.92. The molecule has 0 radical (unpaired) electrons. The van der Waals surface area contributed by atoms with Crippen LogP contribution < -0.4 is 5.32 Å². The van der Waals surface area contributed by atoms with Gasteiger partial charge >= 0.3 is 6.18 Å². The highest BCUT2D eigenvalue weighted by atomic mass is 32.2. The van der Waals surface area contributed by atoms with Gasteiger partial charge in [0.1, 0.15) is 5.82 Å². The molecule has 6 nitrogen and oxygen atoms in total. The lowest BCUT2D eigenvalue weighted by Gasteiger charge is -2.32. The van der Waals surface area contributed by atoms with E-state index in [1.54, 1.807) is 19.9 Å². The first-order valence-electron chi connectivity index (χ1n) is 9.45. The van der Waals surface area contributed by atoms with Gasteiger partial charge in [0.2, 0.25) is 10.0 Å². The van der Waals surface area contributed by atoms with E-state index in [0.29, 0.717) is 43.9 Å². The van der Waals surface area contributed by atoms with Crippen LogP contribution in [0.5, 0.6) is 0 Å². The summed E-state index contributed by atoms with van der Waals surface area (Å²) in [4.78, 5) is 0. The number of nitrogens with zero attached hydrogens (tertiary/aromatic N) is 3. The lowest BCUT2D eigenvalue weighted by Crippen LogP contribution is -2.41. The van der Waals surface area contributed by atoms with Crippen LogP contribution in [0.4, 0.5) is 19.0 Å². The van der Waals surface area contributed by atoms with Crippen molar-refractivity contribution < 1.29 is 21.6 Å². The van der Waals surface area contributed by atoms with Crippen LogP contribution in [0.25, 0.3) is 0 Å². The summed E-state index contributed by atoms with van der Waals surface area (Å²) >= 11 is 0. The third kappa shape index (κ3) is 3.96. The topological polar surface area (TPSA) is 67.2 Å². The van der Waals surface area contributed by atoms with Gasteiger partial charge in [-0.05, 0) is 39.5 Å². The van der Waals surface area contributed by atoms with Gasteiger partial charge in [-0.2, -0.15) is 18.3 Å². The SMILES string of the molecule is CC[C@@H]1C[C@H](C(F)(F)F)n2nc(C3CCN(S(=O)(=O)C(C)C)CC3)cc2N1. The summed E-state index contributed by atoms with van der Waals surface area (Å²) < 4.78 is 67.5. The number of sulfonamides is 1. The molecule has 0 unspecified atom stereocenters. The normalized spacial score (nSPS) is 25.4. The van der Waals surface area contributed by atoms with Gasteiger partial charge in [0.25, 0.3) is 0 Å². The fraction of sp³-hybridized carbons (Fsp3) is 0.824. The smallest absolute Gasteiger partial charge is 0.367 e. The molecule has 1 N–H and O–H groups in total. The van der Waals surface area contributed by atoms with Crippen molar-refractivity contribution in [1.29, 1.82) is 0 Å². The fourth-order valence-electron chi connectivity index (χ4n) is 3.84. The Kier molecular flexibility index (Phi) is 5.51. The zero-order valence-electron chi connectivity index (χ0n) is 15.8. The van der Waals surface area contributed by atoms with E-state index in [0.717, 1.165) is 4.68 Å². The van der Waals surface area contributed by atoms with Gasteiger partial charge in [0, 0.05) is 31.1 Å². The van der Waals surface area contributed by atoms with E-state index in [4.69, 9.17) is 0 Å². The first kappa shape index (κ1) is 20.4. The predicted octanol–water partition coefficient (Wildman–Crippen LogP) is 3.50. The van der Waals surface area contributed by atoms with Gasteiger partial charge in [0.15, 0.2) is 6.04 Å². The van der Waals surface area contributed by atoms with Gasteiger partial charge < -0.3 is 5.32 Å². The maximum Gasteiger partial charge on any atom is 0.410 e. The minimum absolute atomic E-state index is 0.0286. The molecule has 0 amide bonds. The highest BCUT2D eigenvalue weighted by Gasteiger charge is 2.46. The van der Waals surface area contributed by atoms with Gasteiger partial charge in [-0.25, -0.2) is 17.4 Å². The molecule has 2 aliphatic heterocycles. The highest BCUT2D eigenvalue weighted by molar-refractivity contribution is 7.89. The zero-order chi connectivity index (χ0) is 20.0. The Morgan fingerprint density at radius 2 is 1.93 bits per heavy atom. The molecule has 3 rings (SSSR count). The quantitative estimate of drug-likeness (QED) is 0.828. The maximum absolute atomic E-state index is 13.5. The van der Waals surface area contributed by atoms with Crippen LogP contribution in [-0.4, -0.2) is 53.1 Å². The number of nitrogens with one attached hydrogen (secondary N) is 1. The van der Waals surface area contributed by atoms with Crippen LogP contribution in [0, 0.1) is 0 Å². The van der Waals surface area contributed by atoms with Crippen molar-refractivity contribution >= 4 is 15.8 Å². The molecular weight excluding hydrogens is 381 g/mol. The number of fused-ring (bicyclic) bond motifs is 1. The minimum Gasteiger partial charge on any atom is -0.367 e. The molecule has 0 spiro atoms. The first-order chi connectivity index (χ1) is 12.5. The average molecular weight is 408 g/mol. The number of alkyl halides is 3. The van der Waals surface area contributed by atoms with E-state index < -0.39 is 27.5 Å². The molecule has 154 valence electrons. The van der Waals surface area contributed by atoms with Crippen molar-refractivity contribution in [2.75, 3.05) is 18.4 Å². The molecule has 0 bridgehead atoms. The van der Waals surface area contributed by atoms with E-state index in [9.17, 15) is 21.6 Å². The minimum atomic E-state index is -4.34. The highest BCUT2D eigenvalue weighted by Crippen LogP contribution is 2.41. The second-order valence-electron chi connectivity index (χ2n) is 7.71. The molecule has 3 heterocycles. The first-order valence-corrected chi connectivity index (χ1v) is 11.0. The van der Waals surface area contributed by atoms with Crippen molar-refractivity contribution in [1.82, 2.24) is 14.1 Å². The summed E-state index contributed by atoms with van der Waals surface area (Å²) in [5.74, 6) is 0.375. The van der Waals surface area contributed by atoms with Crippen LogP contribution in [0.2, 0.25) is 0 Å². The van der Waals surface area contributed by atoms with E-state index in [2.05, 4.69) is 10.4 Å². The second-order valence-corrected chi connectivity index (χ2v) is 10.2. The molecule has 1 saturated heterocycles.